The molecule has 0 radical (unpaired) electrons. The third-order valence-corrected chi connectivity index (χ3v) is 7.12. The Kier molecular flexibility index (Phi) is 7.39. The highest BCUT2D eigenvalue weighted by atomic mass is 35.5. The van der Waals surface area contributed by atoms with Gasteiger partial charge in [-0.1, -0.05) is 36.9 Å². The summed E-state index contributed by atoms with van der Waals surface area (Å²) in [5.74, 6) is 0.133. The van der Waals surface area contributed by atoms with E-state index in [1.807, 2.05) is 13.0 Å². The summed E-state index contributed by atoms with van der Waals surface area (Å²) in [5.41, 5.74) is 2.16. The first kappa shape index (κ1) is 22.6. The summed E-state index contributed by atoms with van der Waals surface area (Å²) in [4.78, 5) is 12.4. The predicted octanol–water partition coefficient (Wildman–Crippen LogP) is 4.59. The van der Waals surface area contributed by atoms with Crippen molar-refractivity contribution in [3.63, 3.8) is 0 Å². The van der Waals surface area contributed by atoms with Crippen LogP contribution in [0.2, 0.25) is 5.02 Å². The van der Waals surface area contributed by atoms with E-state index < -0.39 is 10.0 Å². The van der Waals surface area contributed by atoms with Crippen LogP contribution >= 0.6 is 11.6 Å². The van der Waals surface area contributed by atoms with E-state index in [1.165, 1.54) is 6.07 Å². The van der Waals surface area contributed by atoms with Crippen molar-refractivity contribution in [2.45, 2.75) is 56.9 Å². The Morgan fingerprint density at radius 3 is 2.47 bits per heavy atom. The summed E-state index contributed by atoms with van der Waals surface area (Å²) in [6.45, 7) is 3.44. The molecule has 2 aromatic rings. The molecule has 0 spiro atoms. The number of benzene rings is 2. The highest BCUT2D eigenvalue weighted by Gasteiger charge is 2.22. The van der Waals surface area contributed by atoms with E-state index in [4.69, 9.17) is 16.3 Å². The standard InChI is InChI=1S/C22H27ClN2O4S/c1-15-8-9-18(13-20(15)23)24-22(26)14-29-21-11-10-19(12-16(21)2)30(27,28)25-17-6-4-3-5-7-17/h8-13,17,25H,3-7,14H2,1-2H3,(H,24,26). The summed E-state index contributed by atoms with van der Waals surface area (Å²) in [6, 6.07) is 9.93. The molecule has 30 heavy (non-hydrogen) atoms. The molecule has 0 unspecified atom stereocenters. The molecule has 1 aliphatic carbocycles. The quantitative estimate of drug-likeness (QED) is 0.646. The highest BCUT2D eigenvalue weighted by Crippen LogP contribution is 2.24. The molecule has 0 atom stereocenters. The molecule has 0 aromatic heterocycles. The normalized spacial score (nSPS) is 15.0. The molecule has 1 fully saturated rings. The van der Waals surface area contributed by atoms with Gasteiger partial charge in [-0.25, -0.2) is 13.1 Å². The van der Waals surface area contributed by atoms with Gasteiger partial charge in [0.1, 0.15) is 5.75 Å². The van der Waals surface area contributed by atoms with Crippen molar-refractivity contribution in [3.05, 3.63) is 52.5 Å². The van der Waals surface area contributed by atoms with Gasteiger partial charge in [-0.15, -0.1) is 0 Å². The van der Waals surface area contributed by atoms with Gasteiger partial charge in [0.05, 0.1) is 4.90 Å². The van der Waals surface area contributed by atoms with Crippen LogP contribution in [0.25, 0.3) is 0 Å². The average Bonchev–Trinajstić information content (AvgIpc) is 2.70. The van der Waals surface area contributed by atoms with Crippen molar-refractivity contribution < 1.29 is 17.9 Å². The van der Waals surface area contributed by atoms with Crippen molar-refractivity contribution in [3.8, 4) is 5.75 Å². The molecule has 6 nitrogen and oxygen atoms in total. The Labute approximate surface area is 183 Å². The molecule has 8 heteroatoms. The first-order valence-electron chi connectivity index (χ1n) is 10.1. The van der Waals surface area contributed by atoms with Crippen LogP contribution in [0.1, 0.15) is 43.2 Å². The first-order chi connectivity index (χ1) is 14.2. The summed E-state index contributed by atoms with van der Waals surface area (Å²) >= 11 is 6.07. The van der Waals surface area contributed by atoms with Gasteiger partial charge in [-0.3, -0.25) is 4.79 Å². The van der Waals surface area contributed by atoms with Crippen molar-refractivity contribution in [1.29, 1.82) is 0 Å². The minimum atomic E-state index is -3.58. The number of anilines is 1. The molecular formula is C22H27ClN2O4S. The molecule has 0 saturated heterocycles. The van der Waals surface area contributed by atoms with Gasteiger partial charge in [-0.05, 0) is 68.1 Å². The molecule has 3 rings (SSSR count). The zero-order valence-electron chi connectivity index (χ0n) is 17.2. The molecule has 162 valence electrons. The van der Waals surface area contributed by atoms with Crippen LogP contribution in [-0.4, -0.2) is 27.0 Å². The van der Waals surface area contributed by atoms with Crippen LogP contribution in [-0.2, 0) is 14.8 Å². The maximum atomic E-state index is 12.7. The monoisotopic (exact) mass is 450 g/mol. The van der Waals surface area contributed by atoms with E-state index in [0.29, 0.717) is 22.0 Å². The molecule has 1 aliphatic rings. The van der Waals surface area contributed by atoms with E-state index in [1.54, 1.807) is 31.2 Å². The van der Waals surface area contributed by atoms with Crippen LogP contribution in [0.4, 0.5) is 5.69 Å². The fourth-order valence-corrected chi connectivity index (χ4v) is 5.04. The average molecular weight is 451 g/mol. The number of nitrogens with one attached hydrogen (secondary N) is 2. The maximum absolute atomic E-state index is 12.7. The minimum Gasteiger partial charge on any atom is -0.483 e. The zero-order valence-corrected chi connectivity index (χ0v) is 18.8. The van der Waals surface area contributed by atoms with Gasteiger partial charge in [0.2, 0.25) is 10.0 Å². The van der Waals surface area contributed by atoms with Crippen molar-refractivity contribution in [2.24, 2.45) is 0 Å². The van der Waals surface area contributed by atoms with Crippen LogP contribution in [0, 0.1) is 13.8 Å². The summed E-state index contributed by atoms with van der Waals surface area (Å²) in [7, 11) is -3.58. The lowest BCUT2D eigenvalue weighted by atomic mass is 9.96. The van der Waals surface area contributed by atoms with Crippen molar-refractivity contribution >= 4 is 33.2 Å². The Morgan fingerprint density at radius 1 is 1.07 bits per heavy atom. The van der Waals surface area contributed by atoms with Crippen LogP contribution < -0.4 is 14.8 Å². The lowest BCUT2D eigenvalue weighted by Crippen LogP contribution is -2.36. The second-order valence-corrected chi connectivity index (χ2v) is 9.81. The number of halogens is 1. The topological polar surface area (TPSA) is 84.5 Å². The summed E-state index contributed by atoms with van der Waals surface area (Å²) in [5, 5.41) is 3.30. The number of carbonyl (C=O) groups is 1. The number of hydrogen-bond donors (Lipinski definition) is 2. The van der Waals surface area contributed by atoms with Crippen LogP contribution in [0.15, 0.2) is 41.3 Å². The number of sulfonamides is 1. The van der Waals surface area contributed by atoms with E-state index in [-0.39, 0.29) is 23.5 Å². The van der Waals surface area contributed by atoms with Gasteiger partial charge in [-0.2, -0.15) is 0 Å². The lowest BCUT2D eigenvalue weighted by molar-refractivity contribution is -0.118. The molecule has 0 bridgehead atoms. The molecule has 2 aromatic carbocycles. The fraction of sp³-hybridized carbons (Fsp3) is 0.409. The van der Waals surface area contributed by atoms with Gasteiger partial charge in [0, 0.05) is 16.8 Å². The van der Waals surface area contributed by atoms with Crippen molar-refractivity contribution in [1.82, 2.24) is 4.72 Å². The molecule has 0 aliphatic heterocycles. The molecule has 0 heterocycles. The van der Waals surface area contributed by atoms with Gasteiger partial charge < -0.3 is 10.1 Å². The van der Waals surface area contributed by atoms with E-state index in [9.17, 15) is 13.2 Å². The van der Waals surface area contributed by atoms with Crippen LogP contribution in [0.3, 0.4) is 0 Å². The highest BCUT2D eigenvalue weighted by molar-refractivity contribution is 7.89. The number of amides is 1. The van der Waals surface area contributed by atoms with E-state index in [0.717, 1.165) is 37.7 Å². The largest absolute Gasteiger partial charge is 0.483 e. The fourth-order valence-electron chi connectivity index (χ4n) is 3.47. The summed E-state index contributed by atoms with van der Waals surface area (Å²) < 4.78 is 33.7. The molecule has 1 amide bonds. The smallest absolute Gasteiger partial charge is 0.262 e. The first-order valence-corrected chi connectivity index (χ1v) is 11.9. The minimum absolute atomic E-state index is 0.000967. The Balaban J connectivity index is 1.59. The second kappa shape index (κ2) is 9.81. The molecular weight excluding hydrogens is 424 g/mol. The van der Waals surface area contributed by atoms with Crippen molar-refractivity contribution in [2.75, 3.05) is 11.9 Å². The molecule has 1 saturated carbocycles. The maximum Gasteiger partial charge on any atom is 0.262 e. The van der Waals surface area contributed by atoms with Crippen LogP contribution in [0.5, 0.6) is 5.75 Å². The number of aryl methyl sites for hydroxylation is 2. The van der Waals surface area contributed by atoms with E-state index >= 15 is 0 Å². The third-order valence-electron chi connectivity index (χ3n) is 5.20. The second-order valence-electron chi connectivity index (χ2n) is 7.68. The number of hydrogen-bond acceptors (Lipinski definition) is 4. The number of rotatable bonds is 7. The SMILES string of the molecule is Cc1ccc(NC(=O)COc2ccc(S(=O)(=O)NC3CCCCC3)cc2C)cc1Cl. The third kappa shape index (κ3) is 5.97. The van der Waals surface area contributed by atoms with Gasteiger partial charge in [0.25, 0.3) is 5.91 Å². The zero-order chi connectivity index (χ0) is 21.7. The number of carbonyl (C=O) groups excluding carboxylic acids is 1. The molecule has 2 N–H and O–H groups in total. The Bertz CT molecular complexity index is 1020. The van der Waals surface area contributed by atoms with Gasteiger partial charge in [0.15, 0.2) is 6.61 Å². The van der Waals surface area contributed by atoms with E-state index in [2.05, 4.69) is 10.0 Å². The Morgan fingerprint density at radius 2 is 1.80 bits per heavy atom. The lowest BCUT2D eigenvalue weighted by Gasteiger charge is -2.22. The predicted molar refractivity (Wildman–Crippen MR) is 119 cm³/mol. The van der Waals surface area contributed by atoms with Gasteiger partial charge >= 0.3 is 0 Å². The summed E-state index contributed by atoms with van der Waals surface area (Å²) in [6.07, 6.45) is 5.01. The Hall–Kier alpha value is -2.09. The number of ether oxygens (including phenoxy) is 1.